The first-order valence-electron chi connectivity index (χ1n) is 23.3. The molecular weight excluding hydrogens is 825 g/mol. The maximum Gasteiger partial charge on any atom is 0.0583 e. The van der Waals surface area contributed by atoms with E-state index in [0.29, 0.717) is 0 Å². The molecule has 13 aromatic rings. The number of hydrogen-bond donors (Lipinski definition) is 0. The Labute approximate surface area is 395 Å². The molecule has 11 aromatic carbocycles. The van der Waals surface area contributed by atoms with Crippen molar-refractivity contribution < 1.29 is 0 Å². The van der Waals surface area contributed by atoms with E-state index in [4.69, 9.17) is 0 Å². The molecule has 320 valence electrons. The average molecular weight is 869 g/mol. The Kier molecular flexibility index (Phi) is 9.47. The van der Waals surface area contributed by atoms with Crippen LogP contribution in [0.3, 0.4) is 0 Å². The number of fused-ring (bicyclic) bond motifs is 7. The zero-order valence-corrected chi connectivity index (χ0v) is 37.2. The SMILES string of the molecule is c1ccc(-c2ccc(-n3c4ccccc4c4c(N(c5ccccc5)c5ccccc5)cc(N(c5ccccc5)c5ccc6c(c5)c5cc7ccccc7cc5n6-c5ccccc5)cc43)cc2)cc1. The molecule has 0 fully saturated rings. The number of nitrogens with zero attached hydrogens (tertiary/aromatic N) is 4. The molecule has 68 heavy (non-hydrogen) atoms. The lowest BCUT2D eigenvalue weighted by Crippen LogP contribution is -2.14. The fraction of sp³-hybridized carbons (Fsp3) is 0. The van der Waals surface area contributed by atoms with Gasteiger partial charge in [0.15, 0.2) is 0 Å². The van der Waals surface area contributed by atoms with E-state index in [1.165, 1.54) is 49.0 Å². The molecule has 0 bridgehead atoms. The van der Waals surface area contributed by atoms with E-state index in [-0.39, 0.29) is 0 Å². The Morgan fingerprint density at radius 3 is 1.40 bits per heavy atom. The molecule has 0 amide bonds. The summed E-state index contributed by atoms with van der Waals surface area (Å²) in [5, 5.41) is 7.20. The zero-order valence-electron chi connectivity index (χ0n) is 37.2. The molecule has 0 N–H and O–H groups in total. The van der Waals surface area contributed by atoms with Gasteiger partial charge in [0.2, 0.25) is 0 Å². The summed E-state index contributed by atoms with van der Waals surface area (Å²) in [5.41, 5.74) is 15.6. The van der Waals surface area contributed by atoms with Crippen LogP contribution in [0, 0.1) is 0 Å². The van der Waals surface area contributed by atoms with Crippen molar-refractivity contribution in [3.05, 3.63) is 267 Å². The van der Waals surface area contributed by atoms with Gasteiger partial charge in [-0.2, -0.15) is 0 Å². The van der Waals surface area contributed by atoms with Gasteiger partial charge in [0.1, 0.15) is 0 Å². The lowest BCUT2D eigenvalue weighted by atomic mass is 10.0. The average Bonchev–Trinajstić information content (AvgIpc) is 3.91. The molecule has 0 aliphatic rings. The quantitative estimate of drug-likeness (QED) is 0.144. The van der Waals surface area contributed by atoms with E-state index in [1.54, 1.807) is 0 Å². The van der Waals surface area contributed by atoms with E-state index in [0.717, 1.165) is 62.0 Å². The van der Waals surface area contributed by atoms with Crippen molar-refractivity contribution in [2.75, 3.05) is 9.80 Å². The summed E-state index contributed by atoms with van der Waals surface area (Å²) in [4.78, 5) is 4.86. The Morgan fingerprint density at radius 1 is 0.250 bits per heavy atom. The van der Waals surface area contributed by atoms with Gasteiger partial charge < -0.3 is 18.9 Å². The third-order valence-corrected chi connectivity index (χ3v) is 13.4. The highest BCUT2D eigenvalue weighted by Gasteiger charge is 2.26. The number of anilines is 6. The molecule has 0 aliphatic heterocycles. The highest BCUT2D eigenvalue weighted by molar-refractivity contribution is 6.19. The smallest absolute Gasteiger partial charge is 0.0583 e. The molecule has 4 heteroatoms. The summed E-state index contributed by atoms with van der Waals surface area (Å²) in [7, 11) is 0. The summed E-state index contributed by atoms with van der Waals surface area (Å²) in [5.74, 6) is 0. The monoisotopic (exact) mass is 868 g/mol. The number of hydrogen-bond acceptors (Lipinski definition) is 2. The van der Waals surface area contributed by atoms with Crippen molar-refractivity contribution in [3.8, 4) is 22.5 Å². The predicted molar refractivity (Wildman–Crippen MR) is 287 cm³/mol. The molecule has 0 saturated heterocycles. The highest BCUT2D eigenvalue weighted by atomic mass is 15.2. The van der Waals surface area contributed by atoms with Gasteiger partial charge in [0.25, 0.3) is 0 Å². The van der Waals surface area contributed by atoms with Gasteiger partial charge in [-0.05, 0) is 131 Å². The summed E-state index contributed by atoms with van der Waals surface area (Å²) >= 11 is 0. The van der Waals surface area contributed by atoms with Gasteiger partial charge in [0, 0.05) is 55.7 Å². The molecule has 4 nitrogen and oxygen atoms in total. The van der Waals surface area contributed by atoms with Gasteiger partial charge in [-0.15, -0.1) is 0 Å². The molecular formula is C64H44N4. The lowest BCUT2D eigenvalue weighted by molar-refractivity contribution is 1.17. The standard InChI is InChI=1S/C64H44N4/c1-6-20-45(21-7-1)46-34-36-53(37-35-46)68-59-33-19-18-32-56(59)64-62(66(50-26-10-3-11-27-50)51-28-12-4-13-29-51)43-55(44-63(64)68)65(49-24-8-2-9-25-49)54-38-39-60-58(42-54)57-40-47-22-16-17-23-48(47)41-61(57)67(60)52-30-14-5-15-31-52/h1-44H. The summed E-state index contributed by atoms with van der Waals surface area (Å²) in [6.07, 6.45) is 0. The van der Waals surface area contributed by atoms with E-state index in [9.17, 15) is 0 Å². The van der Waals surface area contributed by atoms with Crippen LogP contribution < -0.4 is 9.80 Å². The van der Waals surface area contributed by atoms with E-state index >= 15 is 0 Å². The van der Waals surface area contributed by atoms with Crippen molar-refractivity contribution in [3.63, 3.8) is 0 Å². The van der Waals surface area contributed by atoms with Gasteiger partial charge in [-0.3, -0.25) is 0 Å². The molecule has 0 saturated carbocycles. The minimum atomic E-state index is 1.04. The molecule has 13 rings (SSSR count). The molecule has 0 spiro atoms. The second-order valence-electron chi connectivity index (χ2n) is 17.4. The Bertz CT molecular complexity index is 3900. The first kappa shape index (κ1) is 39.3. The summed E-state index contributed by atoms with van der Waals surface area (Å²) in [6.45, 7) is 0. The molecule has 0 unspecified atom stereocenters. The maximum atomic E-state index is 2.45. The minimum absolute atomic E-state index is 1.04. The van der Waals surface area contributed by atoms with Gasteiger partial charge >= 0.3 is 0 Å². The third-order valence-electron chi connectivity index (χ3n) is 13.4. The summed E-state index contributed by atoms with van der Waals surface area (Å²) in [6, 6.07) is 96.8. The van der Waals surface area contributed by atoms with Gasteiger partial charge in [0.05, 0.1) is 33.4 Å². The first-order valence-corrected chi connectivity index (χ1v) is 23.3. The normalized spacial score (nSPS) is 11.5. The fourth-order valence-corrected chi connectivity index (χ4v) is 10.4. The molecule has 2 heterocycles. The van der Waals surface area contributed by atoms with Crippen LogP contribution in [0.4, 0.5) is 34.1 Å². The maximum absolute atomic E-state index is 2.45. The number of rotatable bonds is 9. The van der Waals surface area contributed by atoms with Crippen LogP contribution in [0.1, 0.15) is 0 Å². The van der Waals surface area contributed by atoms with Crippen molar-refractivity contribution in [2.24, 2.45) is 0 Å². The van der Waals surface area contributed by atoms with Crippen LogP contribution in [-0.2, 0) is 0 Å². The minimum Gasteiger partial charge on any atom is -0.310 e. The van der Waals surface area contributed by atoms with Crippen molar-refractivity contribution >= 4 is 88.5 Å². The molecule has 2 aromatic heterocycles. The van der Waals surface area contributed by atoms with Crippen molar-refractivity contribution in [1.29, 1.82) is 0 Å². The topological polar surface area (TPSA) is 16.3 Å². The van der Waals surface area contributed by atoms with Crippen LogP contribution in [0.15, 0.2) is 267 Å². The molecule has 0 atom stereocenters. The number of aromatic nitrogens is 2. The predicted octanol–water partition coefficient (Wildman–Crippen LogP) is 17.6. The highest BCUT2D eigenvalue weighted by Crippen LogP contribution is 2.49. The van der Waals surface area contributed by atoms with Crippen LogP contribution in [0.5, 0.6) is 0 Å². The van der Waals surface area contributed by atoms with Crippen LogP contribution in [-0.4, -0.2) is 9.13 Å². The largest absolute Gasteiger partial charge is 0.310 e. The second kappa shape index (κ2) is 16.4. The van der Waals surface area contributed by atoms with Crippen LogP contribution in [0.2, 0.25) is 0 Å². The molecule has 0 aliphatic carbocycles. The summed E-state index contributed by atoms with van der Waals surface area (Å²) < 4.78 is 4.86. The van der Waals surface area contributed by atoms with Gasteiger partial charge in [-0.25, -0.2) is 0 Å². The zero-order chi connectivity index (χ0) is 45.0. The third kappa shape index (κ3) is 6.61. The Hall–Kier alpha value is -9.12. The van der Waals surface area contributed by atoms with E-state index in [1.807, 2.05) is 0 Å². The van der Waals surface area contributed by atoms with E-state index < -0.39 is 0 Å². The second-order valence-corrected chi connectivity index (χ2v) is 17.4. The van der Waals surface area contributed by atoms with Crippen LogP contribution >= 0.6 is 0 Å². The fourth-order valence-electron chi connectivity index (χ4n) is 10.4. The van der Waals surface area contributed by atoms with Gasteiger partial charge in [-0.1, -0.05) is 158 Å². The molecule has 0 radical (unpaired) electrons. The van der Waals surface area contributed by atoms with Crippen molar-refractivity contribution in [2.45, 2.75) is 0 Å². The Balaban J connectivity index is 1.12. The van der Waals surface area contributed by atoms with E-state index in [2.05, 4.69) is 286 Å². The van der Waals surface area contributed by atoms with Crippen LogP contribution in [0.25, 0.3) is 76.9 Å². The first-order chi connectivity index (χ1) is 33.7. The number of benzene rings is 11. The lowest BCUT2D eigenvalue weighted by Gasteiger charge is -2.30. The van der Waals surface area contributed by atoms with Crippen molar-refractivity contribution in [1.82, 2.24) is 9.13 Å². The Morgan fingerprint density at radius 2 is 0.735 bits per heavy atom. The number of para-hydroxylation sites is 5.